The molecule has 0 saturated carbocycles. The molecule has 0 bridgehead atoms. The Morgan fingerprint density at radius 2 is 1.89 bits per heavy atom. The maximum absolute atomic E-state index is 10.9. The van der Waals surface area contributed by atoms with Gasteiger partial charge in [0.1, 0.15) is 6.29 Å². The number of benzene rings is 2. The van der Waals surface area contributed by atoms with E-state index in [-0.39, 0.29) is 0 Å². The maximum atomic E-state index is 10.9. The summed E-state index contributed by atoms with van der Waals surface area (Å²) in [6.07, 6.45) is 2.71. The SMILES string of the molecule is Cc1cc(-c2ccnc3ccccc23)ccc1C=O. The van der Waals surface area contributed by atoms with Gasteiger partial charge >= 0.3 is 0 Å². The smallest absolute Gasteiger partial charge is 0.150 e. The van der Waals surface area contributed by atoms with Crippen molar-refractivity contribution in [2.45, 2.75) is 6.92 Å². The van der Waals surface area contributed by atoms with Crippen molar-refractivity contribution in [2.75, 3.05) is 0 Å². The third-order valence-corrected chi connectivity index (χ3v) is 3.36. The van der Waals surface area contributed by atoms with E-state index in [0.717, 1.165) is 39.4 Å². The highest BCUT2D eigenvalue weighted by molar-refractivity contribution is 5.94. The quantitative estimate of drug-likeness (QED) is 0.640. The number of fused-ring (bicyclic) bond motifs is 1. The van der Waals surface area contributed by atoms with E-state index in [1.807, 2.05) is 55.6 Å². The van der Waals surface area contributed by atoms with Gasteiger partial charge in [0.2, 0.25) is 0 Å². The van der Waals surface area contributed by atoms with Gasteiger partial charge < -0.3 is 0 Å². The molecular weight excluding hydrogens is 234 g/mol. The summed E-state index contributed by atoms with van der Waals surface area (Å²) in [5.74, 6) is 0. The summed E-state index contributed by atoms with van der Waals surface area (Å²) < 4.78 is 0. The lowest BCUT2D eigenvalue weighted by molar-refractivity contribution is 0.112. The van der Waals surface area contributed by atoms with E-state index in [1.54, 1.807) is 0 Å². The minimum atomic E-state index is 0.738. The molecule has 0 aliphatic carbocycles. The standard InChI is InChI=1S/C17H13NO/c1-12-10-13(6-7-14(12)11-19)15-8-9-18-17-5-3-2-4-16(15)17/h2-11H,1H3. The Kier molecular flexibility index (Phi) is 2.84. The molecule has 0 atom stereocenters. The van der Waals surface area contributed by atoms with Gasteiger partial charge in [-0.05, 0) is 35.7 Å². The lowest BCUT2D eigenvalue weighted by Gasteiger charge is -2.08. The van der Waals surface area contributed by atoms with Crippen LogP contribution in [0.25, 0.3) is 22.0 Å². The fourth-order valence-electron chi connectivity index (χ4n) is 2.32. The maximum Gasteiger partial charge on any atom is 0.150 e. The van der Waals surface area contributed by atoms with Gasteiger partial charge in [0.25, 0.3) is 0 Å². The Bertz CT molecular complexity index is 757. The Morgan fingerprint density at radius 1 is 1.05 bits per heavy atom. The van der Waals surface area contributed by atoms with Gasteiger partial charge in [-0.3, -0.25) is 9.78 Å². The molecular formula is C17H13NO. The molecule has 92 valence electrons. The van der Waals surface area contributed by atoms with Crippen LogP contribution in [0, 0.1) is 6.92 Å². The highest BCUT2D eigenvalue weighted by atomic mass is 16.1. The van der Waals surface area contributed by atoms with Crippen molar-refractivity contribution in [1.82, 2.24) is 4.98 Å². The van der Waals surface area contributed by atoms with E-state index >= 15 is 0 Å². The van der Waals surface area contributed by atoms with E-state index in [1.165, 1.54) is 0 Å². The summed E-state index contributed by atoms with van der Waals surface area (Å²) in [5, 5.41) is 1.13. The third-order valence-electron chi connectivity index (χ3n) is 3.36. The second-order valence-corrected chi connectivity index (χ2v) is 4.56. The van der Waals surface area contributed by atoms with Gasteiger partial charge in [-0.2, -0.15) is 0 Å². The van der Waals surface area contributed by atoms with Crippen molar-refractivity contribution in [2.24, 2.45) is 0 Å². The van der Waals surface area contributed by atoms with Gasteiger partial charge in [0.15, 0.2) is 0 Å². The number of aromatic nitrogens is 1. The predicted octanol–water partition coefficient (Wildman–Crippen LogP) is 4.02. The Labute approximate surface area is 111 Å². The van der Waals surface area contributed by atoms with E-state index < -0.39 is 0 Å². The molecule has 0 spiro atoms. The molecule has 1 heterocycles. The minimum Gasteiger partial charge on any atom is -0.298 e. The van der Waals surface area contributed by atoms with E-state index in [0.29, 0.717) is 0 Å². The Morgan fingerprint density at radius 3 is 2.68 bits per heavy atom. The number of hydrogen-bond donors (Lipinski definition) is 0. The molecule has 2 heteroatoms. The van der Waals surface area contributed by atoms with Crippen LogP contribution < -0.4 is 0 Å². The molecule has 2 aromatic carbocycles. The van der Waals surface area contributed by atoms with Crippen molar-refractivity contribution in [3.8, 4) is 11.1 Å². The molecule has 1 aromatic heterocycles. The fraction of sp³-hybridized carbons (Fsp3) is 0.0588. The molecule has 0 amide bonds. The van der Waals surface area contributed by atoms with E-state index in [9.17, 15) is 4.79 Å². The third kappa shape index (κ3) is 2.02. The number of aryl methyl sites for hydroxylation is 1. The predicted molar refractivity (Wildman–Crippen MR) is 77.3 cm³/mol. The molecule has 3 aromatic rings. The number of carbonyl (C=O) groups is 1. The van der Waals surface area contributed by atoms with Crippen LogP contribution in [-0.4, -0.2) is 11.3 Å². The van der Waals surface area contributed by atoms with Crippen LogP contribution in [0.5, 0.6) is 0 Å². The lowest BCUT2D eigenvalue weighted by Crippen LogP contribution is -1.89. The molecule has 0 fully saturated rings. The van der Waals surface area contributed by atoms with Crippen molar-refractivity contribution >= 4 is 17.2 Å². The van der Waals surface area contributed by atoms with Crippen LogP contribution in [0.2, 0.25) is 0 Å². The number of para-hydroxylation sites is 1. The van der Waals surface area contributed by atoms with Gasteiger partial charge in [-0.25, -0.2) is 0 Å². The molecule has 0 radical (unpaired) electrons. The molecule has 0 saturated heterocycles. The largest absolute Gasteiger partial charge is 0.298 e. The first-order valence-electron chi connectivity index (χ1n) is 6.19. The zero-order chi connectivity index (χ0) is 13.2. The number of aldehydes is 1. The number of nitrogens with zero attached hydrogens (tertiary/aromatic N) is 1. The molecule has 0 N–H and O–H groups in total. The normalized spacial score (nSPS) is 10.6. The van der Waals surface area contributed by atoms with Crippen molar-refractivity contribution in [1.29, 1.82) is 0 Å². The average Bonchev–Trinajstić information content (AvgIpc) is 2.46. The van der Waals surface area contributed by atoms with Gasteiger partial charge in [0.05, 0.1) is 5.52 Å². The van der Waals surface area contributed by atoms with Crippen molar-refractivity contribution in [3.63, 3.8) is 0 Å². The van der Waals surface area contributed by atoms with Crippen LogP contribution in [-0.2, 0) is 0 Å². The first kappa shape index (κ1) is 11.6. The summed E-state index contributed by atoms with van der Waals surface area (Å²) in [4.78, 5) is 15.2. The second-order valence-electron chi connectivity index (χ2n) is 4.56. The molecule has 2 nitrogen and oxygen atoms in total. The first-order chi connectivity index (χ1) is 9.29. The van der Waals surface area contributed by atoms with Gasteiger partial charge in [-0.15, -0.1) is 0 Å². The van der Waals surface area contributed by atoms with Crippen LogP contribution >= 0.6 is 0 Å². The Hall–Kier alpha value is -2.48. The average molecular weight is 247 g/mol. The number of hydrogen-bond acceptors (Lipinski definition) is 2. The molecule has 0 aliphatic heterocycles. The first-order valence-corrected chi connectivity index (χ1v) is 6.19. The minimum absolute atomic E-state index is 0.738. The monoisotopic (exact) mass is 247 g/mol. The second kappa shape index (κ2) is 4.65. The summed E-state index contributed by atoms with van der Waals surface area (Å²) in [6, 6.07) is 16.0. The molecule has 3 rings (SSSR count). The van der Waals surface area contributed by atoms with Gasteiger partial charge in [0, 0.05) is 17.1 Å². The summed E-state index contributed by atoms with van der Waals surface area (Å²) in [7, 11) is 0. The van der Waals surface area contributed by atoms with Crippen LogP contribution in [0.1, 0.15) is 15.9 Å². The van der Waals surface area contributed by atoms with Gasteiger partial charge in [-0.1, -0.05) is 36.4 Å². The van der Waals surface area contributed by atoms with E-state index in [2.05, 4.69) is 11.1 Å². The molecule has 0 unspecified atom stereocenters. The fourth-order valence-corrected chi connectivity index (χ4v) is 2.32. The zero-order valence-electron chi connectivity index (χ0n) is 10.6. The van der Waals surface area contributed by atoms with Crippen LogP contribution in [0.4, 0.5) is 0 Å². The highest BCUT2D eigenvalue weighted by Crippen LogP contribution is 2.28. The molecule has 19 heavy (non-hydrogen) atoms. The number of carbonyl (C=O) groups excluding carboxylic acids is 1. The summed E-state index contributed by atoms with van der Waals surface area (Å²) in [6.45, 7) is 1.95. The van der Waals surface area contributed by atoms with E-state index in [4.69, 9.17) is 0 Å². The Balaban J connectivity index is 2.24. The number of rotatable bonds is 2. The zero-order valence-corrected chi connectivity index (χ0v) is 10.6. The van der Waals surface area contributed by atoms with Crippen LogP contribution in [0.15, 0.2) is 54.7 Å². The molecule has 0 aliphatic rings. The summed E-state index contributed by atoms with van der Waals surface area (Å²) in [5.41, 5.74) is 4.97. The highest BCUT2D eigenvalue weighted by Gasteiger charge is 2.05. The van der Waals surface area contributed by atoms with Crippen molar-refractivity contribution < 1.29 is 4.79 Å². The summed E-state index contributed by atoms with van der Waals surface area (Å²) >= 11 is 0. The topological polar surface area (TPSA) is 30.0 Å². The lowest BCUT2D eigenvalue weighted by atomic mass is 9.98. The van der Waals surface area contributed by atoms with Crippen LogP contribution in [0.3, 0.4) is 0 Å². The van der Waals surface area contributed by atoms with Crippen molar-refractivity contribution in [3.05, 3.63) is 65.9 Å². The number of pyridine rings is 1.